The van der Waals surface area contributed by atoms with Crippen LogP contribution >= 0.6 is 7.92 Å². The molecule has 0 saturated heterocycles. The Kier molecular flexibility index (Phi) is 8.40. The fourth-order valence-corrected chi connectivity index (χ4v) is 8.09. The molecule has 0 aliphatic heterocycles. The summed E-state index contributed by atoms with van der Waals surface area (Å²) >= 11 is 0. The van der Waals surface area contributed by atoms with Gasteiger partial charge in [0.1, 0.15) is 5.82 Å². The summed E-state index contributed by atoms with van der Waals surface area (Å²) in [5.74, 6) is -9.59. The Hall–Kier alpha value is -5.13. The van der Waals surface area contributed by atoms with E-state index in [1.807, 2.05) is 115 Å². The Morgan fingerprint density at radius 1 is 0.583 bits per heavy atom. The average Bonchev–Trinajstić information content (AvgIpc) is 3.54. The fraction of sp³-hybridized carbons (Fsp3) is 0.0750. The highest BCUT2D eigenvalue weighted by atomic mass is 31.1. The molecule has 8 heteroatoms. The van der Waals surface area contributed by atoms with E-state index >= 15 is 8.78 Å². The predicted octanol–water partition coefficient (Wildman–Crippen LogP) is 10.4. The van der Waals surface area contributed by atoms with E-state index in [1.165, 1.54) is 6.92 Å². The summed E-state index contributed by atoms with van der Waals surface area (Å²) in [6.07, 6.45) is 0. The standard InChI is InChI=1S/C40H28F5N2P/c1-24(31-33(41)35(43)37(45)36(44)34(31)42)47-39(27-17-8-4-9-18-27)38(26-15-6-3-7-16-26)46-40(47)32-29-21-13-12-14-25(29)22-23-30(32)48(2)28-19-10-5-11-20-28/h3-24H,1-2H3/t24-,48?/m1/s1. The van der Waals surface area contributed by atoms with E-state index in [2.05, 4.69) is 18.8 Å². The minimum absolute atomic E-state index is 0.348. The number of hydrogen-bond acceptors (Lipinski definition) is 1. The van der Waals surface area contributed by atoms with Crippen LogP contribution in [0, 0.1) is 29.1 Å². The van der Waals surface area contributed by atoms with Crippen LogP contribution in [-0.4, -0.2) is 16.2 Å². The summed E-state index contributed by atoms with van der Waals surface area (Å²) < 4.78 is 76.8. The van der Waals surface area contributed by atoms with Gasteiger partial charge in [-0.2, -0.15) is 0 Å². The van der Waals surface area contributed by atoms with Gasteiger partial charge in [0.25, 0.3) is 0 Å². The third-order valence-electron chi connectivity index (χ3n) is 8.69. The molecule has 0 aliphatic rings. The van der Waals surface area contributed by atoms with E-state index in [0.717, 1.165) is 32.5 Å². The van der Waals surface area contributed by atoms with Crippen molar-refractivity contribution in [3.63, 3.8) is 0 Å². The van der Waals surface area contributed by atoms with Gasteiger partial charge < -0.3 is 4.57 Å². The lowest BCUT2D eigenvalue weighted by Gasteiger charge is -2.25. The van der Waals surface area contributed by atoms with Crippen LogP contribution in [0.2, 0.25) is 0 Å². The second-order valence-corrected chi connectivity index (χ2v) is 13.6. The Bertz CT molecular complexity index is 2240. The molecule has 0 N–H and O–H groups in total. The first-order valence-electron chi connectivity index (χ1n) is 15.3. The maximum atomic E-state index is 15.7. The van der Waals surface area contributed by atoms with Crippen molar-refractivity contribution < 1.29 is 22.0 Å². The summed E-state index contributed by atoms with van der Waals surface area (Å²) in [6, 6.07) is 39.0. The quantitative estimate of drug-likeness (QED) is 0.0719. The number of aromatic nitrogens is 2. The van der Waals surface area contributed by atoms with Crippen LogP contribution < -0.4 is 10.6 Å². The molecule has 238 valence electrons. The Morgan fingerprint density at radius 3 is 1.73 bits per heavy atom. The van der Waals surface area contributed by atoms with Gasteiger partial charge in [-0.15, -0.1) is 0 Å². The van der Waals surface area contributed by atoms with Crippen LogP contribution in [0.1, 0.15) is 18.5 Å². The number of rotatable bonds is 7. The Balaban J connectivity index is 1.65. The lowest BCUT2D eigenvalue weighted by Crippen LogP contribution is -2.19. The molecule has 7 aromatic rings. The monoisotopic (exact) mass is 662 g/mol. The minimum atomic E-state index is -2.20. The van der Waals surface area contributed by atoms with E-state index in [1.54, 1.807) is 4.57 Å². The fourth-order valence-electron chi connectivity index (χ4n) is 6.34. The van der Waals surface area contributed by atoms with E-state index < -0.39 is 48.6 Å². The van der Waals surface area contributed by atoms with Crippen LogP contribution in [0.25, 0.3) is 44.7 Å². The maximum absolute atomic E-state index is 15.7. The van der Waals surface area contributed by atoms with Crippen molar-refractivity contribution >= 4 is 29.3 Å². The molecule has 0 aliphatic carbocycles. The second kappa shape index (κ2) is 12.8. The van der Waals surface area contributed by atoms with Crippen LogP contribution in [-0.2, 0) is 0 Å². The van der Waals surface area contributed by atoms with Crippen LogP contribution in [0.3, 0.4) is 0 Å². The Morgan fingerprint density at radius 2 is 1.10 bits per heavy atom. The van der Waals surface area contributed by atoms with Crippen LogP contribution in [0.4, 0.5) is 22.0 Å². The number of halogens is 5. The molecule has 2 nitrogen and oxygen atoms in total. The molecular weight excluding hydrogens is 634 g/mol. The SMILES string of the molecule is C[C@H](c1c(F)c(F)c(F)c(F)c1F)n1c(-c2c(P(C)c3ccccc3)ccc3ccccc23)nc(-c2ccccc2)c1-c1ccccc1. The van der Waals surface area contributed by atoms with E-state index in [9.17, 15) is 13.2 Å². The minimum Gasteiger partial charge on any atom is -0.316 e. The summed E-state index contributed by atoms with van der Waals surface area (Å²) in [4.78, 5) is 5.25. The van der Waals surface area contributed by atoms with Gasteiger partial charge in [0.2, 0.25) is 5.82 Å². The van der Waals surface area contributed by atoms with Crippen LogP contribution in [0.15, 0.2) is 127 Å². The number of hydrogen-bond donors (Lipinski definition) is 0. The van der Waals surface area contributed by atoms with Crippen molar-refractivity contribution in [2.24, 2.45) is 0 Å². The molecule has 1 heterocycles. The summed E-state index contributed by atoms with van der Waals surface area (Å²) in [5.41, 5.74) is 2.16. The molecule has 1 aromatic heterocycles. The van der Waals surface area contributed by atoms with Gasteiger partial charge in [-0.25, -0.2) is 26.9 Å². The zero-order valence-corrected chi connectivity index (χ0v) is 26.8. The molecule has 0 spiro atoms. The zero-order chi connectivity index (χ0) is 33.5. The summed E-state index contributed by atoms with van der Waals surface area (Å²) in [5, 5.41) is 3.80. The smallest absolute Gasteiger partial charge is 0.200 e. The van der Waals surface area contributed by atoms with Crippen LogP contribution in [0.5, 0.6) is 0 Å². The van der Waals surface area contributed by atoms with Gasteiger partial charge in [0.05, 0.1) is 23.0 Å². The lowest BCUT2D eigenvalue weighted by molar-refractivity contribution is 0.361. The van der Waals surface area contributed by atoms with Gasteiger partial charge in [0, 0.05) is 16.7 Å². The molecule has 1 unspecified atom stereocenters. The molecule has 7 rings (SSSR count). The highest BCUT2D eigenvalue weighted by Crippen LogP contribution is 2.45. The molecule has 2 atom stereocenters. The summed E-state index contributed by atoms with van der Waals surface area (Å²) in [7, 11) is -0.981. The summed E-state index contributed by atoms with van der Waals surface area (Å²) in [6.45, 7) is 3.58. The van der Waals surface area contributed by atoms with Crippen molar-refractivity contribution in [3.8, 4) is 33.9 Å². The molecule has 0 amide bonds. The first-order chi connectivity index (χ1) is 23.3. The molecule has 0 bridgehead atoms. The first kappa shape index (κ1) is 31.5. The third-order valence-corrected chi connectivity index (χ3v) is 10.9. The van der Waals surface area contributed by atoms with Crippen molar-refractivity contribution in [1.82, 2.24) is 9.55 Å². The molecule has 0 fully saturated rings. The number of nitrogens with zero attached hydrogens (tertiary/aromatic N) is 2. The molecular formula is C40H28F5N2P. The van der Waals surface area contributed by atoms with Crippen molar-refractivity contribution in [2.45, 2.75) is 13.0 Å². The molecule has 6 aromatic carbocycles. The van der Waals surface area contributed by atoms with E-state index in [4.69, 9.17) is 4.98 Å². The largest absolute Gasteiger partial charge is 0.316 e. The Labute approximate surface area is 275 Å². The van der Waals surface area contributed by atoms with E-state index in [0.29, 0.717) is 22.8 Å². The van der Waals surface area contributed by atoms with Gasteiger partial charge in [-0.05, 0) is 42.9 Å². The van der Waals surface area contributed by atoms with Crippen molar-refractivity contribution in [3.05, 3.63) is 162 Å². The second-order valence-electron chi connectivity index (χ2n) is 11.5. The number of imidazole rings is 1. The number of fused-ring (bicyclic) bond motifs is 1. The molecule has 0 radical (unpaired) electrons. The van der Waals surface area contributed by atoms with E-state index in [-0.39, 0.29) is 0 Å². The number of benzene rings is 6. The highest BCUT2D eigenvalue weighted by molar-refractivity contribution is 7.72. The third kappa shape index (κ3) is 5.29. The average molecular weight is 663 g/mol. The van der Waals surface area contributed by atoms with Crippen molar-refractivity contribution in [2.75, 3.05) is 6.66 Å². The highest BCUT2D eigenvalue weighted by Gasteiger charge is 2.34. The molecule has 0 saturated carbocycles. The zero-order valence-electron chi connectivity index (χ0n) is 25.9. The van der Waals surface area contributed by atoms with Gasteiger partial charge >= 0.3 is 0 Å². The van der Waals surface area contributed by atoms with Gasteiger partial charge in [-0.1, -0.05) is 127 Å². The van der Waals surface area contributed by atoms with Gasteiger partial charge in [0.15, 0.2) is 23.3 Å². The first-order valence-corrected chi connectivity index (χ1v) is 17.1. The topological polar surface area (TPSA) is 17.8 Å². The predicted molar refractivity (Wildman–Crippen MR) is 185 cm³/mol. The van der Waals surface area contributed by atoms with Crippen molar-refractivity contribution in [1.29, 1.82) is 0 Å². The molecule has 48 heavy (non-hydrogen) atoms. The lowest BCUT2D eigenvalue weighted by atomic mass is 10.0. The van der Waals surface area contributed by atoms with Gasteiger partial charge in [-0.3, -0.25) is 0 Å². The normalized spacial score (nSPS) is 12.7. The maximum Gasteiger partial charge on any atom is 0.200 e.